The molecule has 0 fully saturated rings. The van der Waals surface area contributed by atoms with Crippen LogP contribution >= 0.6 is 0 Å². The van der Waals surface area contributed by atoms with E-state index < -0.39 is 0 Å². The van der Waals surface area contributed by atoms with Crippen LogP contribution in [0.3, 0.4) is 0 Å². The van der Waals surface area contributed by atoms with Crippen molar-refractivity contribution >= 4 is 5.97 Å². The van der Waals surface area contributed by atoms with Crippen molar-refractivity contribution in [2.24, 2.45) is 0 Å². The van der Waals surface area contributed by atoms with Crippen molar-refractivity contribution in [1.29, 1.82) is 0 Å². The van der Waals surface area contributed by atoms with Gasteiger partial charge in [-0.3, -0.25) is 0 Å². The van der Waals surface area contributed by atoms with Gasteiger partial charge in [-0.15, -0.1) is 0 Å². The molecule has 6 nitrogen and oxygen atoms in total. The number of hydrogen-bond donors (Lipinski definition) is 0. The van der Waals surface area contributed by atoms with E-state index in [9.17, 15) is 4.79 Å². The standard InChI is InChI=1S/C15H18N2O4/c1-4-19-15(18)11-5-7-12(8-6-11)20-9-13-16-14(10(2)3)17-21-13/h5-8,10H,4,9H2,1-3H3. The van der Waals surface area contributed by atoms with Gasteiger partial charge in [-0.1, -0.05) is 19.0 Å². The summed E-state index contributed by atoms with van der Waals surface area (Å²) in [4.78, 5) is 15.7. The minimum absolute atomic E-state index is 0.193. The first-order chi connectivity index (χ1) is 10.1. The van der Waals surface area contributed by atoms with E-state index in [-0.39, 0.29) is 18.5 Å². The predicted octanol–water partition coefficient (Wildman–Crippen LogP) is 2.95. The van der Waals surface area contributed by atoms with Crippen LogP contribution in [0.1, 0.15) is 48.8 Å². The molecule has 0 bridgehead atoms. The van der Waals surface area contributed by atoms with Crippen LogP contribution in [0.15, 0.2) is 28.8 Å². The Labute approximate surface area is 123 Å². The Bertz CT molecular complexity index is 590. The van der Waals surface area contributed by atoms with Crippen molar-refractivity contribution in [1.82, 2.24) is 10.1 Å². The molecule has 2 aromatic rings. The molecule has 0 aliphatic carbocycles. The summed E-state index contributed by atoms with van der Waals surface area (Å²) in [6, 6.07) is 6.71. The molecule has 1 aromatic heterocycles. The minimum Gasteiger partial charge on any atom is -0.484 e. The lowest BCUT2D eigenvalue weighted by Gasteiger charge is -2.05. The Morgan fingerprint density at radius 2 is 2.00 bits per heavy atom. The van der Waals surface area contributed by atoms with E-state index in [1.54, 1.807) is 31.2 Å². The van der Waals surface area contributed by atoms with Gasteiger partial charge in [0.2, 0.25) is 0 Å². The summed E-state index contributed by atoms with van der Waals surface area (Å²) >= 11 is 0. The summed E-state index contributed by atoms with van der Waals surface area (Å²) in [5, 5.41) is 3.86. The Hall–Kier alpha value is -2.37. The van der Waals surface area contributed by atoms with E-state index in [4.69, 9.17) is 14.0 Å². The Balaban J connectivity index is 1.92. The number of hydrogen-bond acceptors (Lipinski definition) is 6. The van der Waals surface area contributed by atoms with Gasteiger partial charge in [0.1, 0.15) is 5.75 Å². The lowest BCUT2D eigenvalue weighted by molar-refractivity contribution is 0.0526. The zero-order chi connectivity index (χ0) is 15.2. The molecule has 0 aliphatic heterocycles. The molecular formula is C15H18N2O4. The Kier molecular flexibility index (Phi) is 4.92. The molecule has 0 spiro atoms. The fourth-order valence-electron chi connectivity index (χ4n) is 1.61. The second kappa shape index (κ2) is 6.88. The van der Waals surface area contributed by atoms with Gasteiger partial charge in [-0.05, 0) is 31.2 Å². The van der Waals surface area contributed by atoms with E-state index >= 15 is 0 Å². The Morgan fingerprint density at radius 3 is 2.57 bits per heavy atom. The van der Waals surface area contributed by atoms with Gasteiger partial charge in [0.25, 0.3) is 5.89 Å². The Morgan fingerprint density at radius 1 is 1.29 bits per heavy atom. The first-order valence-corrected chi connectivity index (χ1v) is 6.82. The van der Waals surface area contributed by atoms with Crippen LogP contribution in [0, 0.1) is 0 Å². The highest BCUT2D eigenvalue weighted by atomic mass is 16.5. The monoisotopic (exact) mass is 290 g/mol. The maximum absolute atomic E-state index is 11.5. The first kappa shape index (κ1) is 15.0. The SMILES string of the molecule is CCOC(=O)c1ccc(OCc2nc(C(C)C)no2)cc1. The number of nitrogens with zero attached hydrogens (tertiary/aromatic N) is 2. The summed E-state index contributed by atoms with van der Waals surface area (Å²) in [5.41, 5.74) is 0.490. The number of esters is 1. The molecule has 0 N–H and O–H groups in total. The highest BCUT2D eigenvalue weighted by Crippen LogP contribution is 2.15. The fraction of sp³-hybridized carbons (Fsp3) is 0.400. The number of benzene rings is 1. The van der Waals surface area contributed by atoms with Crippen molar-refractivity contribution in [3.8, 4) is 5.75 Å². The van der Waals surface area contributed by atoms with Crippen molar-refractivity contribution in [3.63, 3.8) is 0 Å². The van der Waals surface area contributed by atoms with Crippen LogP contribution in [-0.4, -0.2) is 22.7 Å². The number of carbonyl (C=O) groups excluding carboxylic acids is 1. The highest BCUT2D eigenvalue weighted by molar-refractivity contribution is 5.89. The van der Waals surface area contributed by atoms with Gasteiger partial charge < -0.3 is 14.0 Å². The van der Waals surface area contributed by atoms with Gasteiger partial charge in [-0.25, -0.2) is 4.79 Å². The summed E-state index contributed by atoms with van der Waals surface area (Å²) in [6.07, 6.45) is 0. The van der Waals surface area contributed by atoms with Crippen molar-refractivity contribution in [2.75, 3.05) is 6.61 Å². The molecule has 2 rings (SSSR count). The van der Waals surface area contributed by atoms with Gasteiger partial charge in [0.15, 0.2) is 12.4 Å². The predicted molar refractivity (Wildman–Crippen MR) is 75.1 cm³/mol. The average Bonchev–Trinajstić information content (AvgIpc) is 2.95. The molecule has 0 radical (unpaired) electrons. The number of ether oxygens (including phenoxy) is 2. The molecular weight excluding hydrogens is 272 g/mol. The van der Waals surface area contributed by atoms with Crippen LogP contribution < -0.4 is 4.74 Å². The molecule has 0 atom stereocenters. The second-order valence-corrected chi connectivity index (χ2v) is 4.73. The van der Waals surface area contributed by atoms with E-state index in [0.717, 1.165) is 0 Å². The molecule has 0 unspecified atom stereocenters. The molecule has 0 aliphatic rings. The van der Waals surface area contributed by atoms with Crippen LogP contribution in [-0.2, 0) is 11.3 Å². The molecule has 0 amide bonds. The number of aromatic nitrogens is 2. The third-order valence-electron chi connectivity index (χ3n) is 2.73. The largest absolute Gasteiger partial charge is 0.484 e. The van der Waals surface area contributed by atoms with E-state index in [1.165, 1.54) is 0 Å². The summed E-state index contributed by atoms with van der Waals surface area (Å²) < 4.78 is 15.5. The maximum Gasteiger partial charge on any atom is 0.338 e. The third kappa shape index (κ3) is 4.05. The van der Waals surface area contributed by atoms with Crippen LogP contribution in [0.5, 0.6) is 5.75 Å². The van der Waals surface area contributed by atoms with Gasteiger partial charge in [-0.2, -0.15) is 4.98 Å². The summed E-state index contributed by atoms with van der Waals surface area (Å²) in [5.74, 6) is 1.57. The normalized spacial score (nSPS) is 10.7. The molecule has 112 valence electrons. The van der Waals surface area contributed by atoms with Gasteiger partial charge >= 0.3 is 5.97 Å². The molecule has 6 heteroatoms. The van der Waals surface area contributed by atoms with Crippen molar-refractivity contribution < 1.29 is 18.8 Å². The number of rotatable bonds is 6. The minimum atomic E-state index is -0.345. The van der Waals surface area contributed by atoms with Crippen LogP contribution in [0.4, 0.5) is 0 Å². The van der Waals surface area contributed by atoms with Crippen LogP contribution in [0.2, 0.25) is 0 Å². The summed E-state index contributed by atoms with van der Waals surface area (Å²) in [7, 11) is 0. The maximum atomic E-state index is 11.5. The molecule has 1 aromatic carbocycles. The highest BCUT2D eigenvalue weighted by Gasteiger charge is 2.10. The molecule has 21 heavy (non-hydrogen) atoms. The summed E-state index contributed by atoms with van der Waals surface area (Å²) in [6.45, 7) is 6.29. The van der Waals surface area contributed by atoms with Gasteiger partial charge in [0.05, 0.1) is 12.2 Å². The van der Waals surface area contributed by atoms with E-state index in [2.05, 4.69) is 10.1 Å². The molecule has 0 saturated heterocycles. The second-order valence-electron chi connectivity index (χ2n) is 4.73. The van der Waals surface area contributed by atoms with Crippen molar-refractivity contribution in [3.05, 3.63) is 41.5 Å². The topological polar surface area (TPSA) is 74.5 Å². The zero-order valence-corrected chi connectivity index (χ0v) is 12.3. The van der Waals surface area contributed by atoms with Crippen molar-refractivity contribution in [2.45, 2.75) is 33.3 Å². The zero-order valence-electron chi connectivity index (χ0n) is 12.3. The lowest BCUT2D eigenvalue weighted by atomic mass is 10.2. The fourth-order valence-corrected chi connectivity index (χ4v) is 1.61. The third-order valence-corrected chi connectivity index (χ3v) is 2.73. The van der Waals surface area contributed by atoms with Gasteiger partial charge in [0, 0.05) is 5.92 Å². The smallest absolute Gasteiger partial charge is 0.338 e. The number of carbonyl (C=O) groups is 1. The molecule has 0 saturated carbocycles. The quantitative estimate of drug-likeness (QED) is 0.761. The first-order valence-electron chi connectivity index (χ1n) is 6.82. The lowest BCUT2D eigenvalue weighted by Crippen LogP contribution is -2.04. The van der Waals surface area contributed by atoms with E-state index in [1.807, 2.05) is 13.8 Å². The van der Waals surface area contributed by atoms with Crippen LogP contribution in [0.25, 0.3) is 0 Å². The average molecular weight is 290 g/mol. The molecule has 1 heterocycles. The van der Waals surface area contributed by atoms with E-state index in [0.29, 0.717) is 29.6 Å².